The number of aliphatic imine (C=N–C) groups is 1. The van der Waals surface area contributed by atoms with Gasteiger partial charge in [0.1, 0.15) is 0 Å². The number of nitrogens with one attached hydrogen (secondary N) is 1. The predicted molar refractivity (Wildman–Crippen MR) is 94.7 cm³/mol. The number of carbonyl (C=O) groups is 1. The fourth-order valence-corrected chi connectivity index (χ4v) is 2.88. The van der Waals surface area contributed by atoms with E-state index in [1.54, 1.807) is 6.20 Å². The molecule has 0 amide bonds. The molecule has 1 aromatic heterocycles. The lowest BCUT2D eigenvalue weighted by Gasteiger charge is -2.34. The molecule has 0 radical (unpaired) electrons. The van der Waals surface area contributed by atoms with E-state index in [-0.39, 0.29) is 11.9 Å². The van der Waals surface area contributed by atoms with Crippen LogP contribution in [-0.2, 0) is 16.1 Å². The van der Waals surface area contributed by atoms with Crippen molar-refractivity contribution >= 4 is 11.9 Å². The van der Waals surface area contributed by atoms with Gasteiger partial charge in [-0.25, -0.2) is 4.99 Å². The van der Waals surface area contributed by atoms with E-state index in [1.807, 2.05) is 32.9 Å². The molecule has 1 fully saturated rings. The van der Waals surface area contributed by atoms with Crippen molar-refractivity contribution in [2.75, 3.05) is 26.2 Å². The first-order chi connectivity index (χ1) is 11.7. The molecule has 1 aliphatic rings. The minimum absolute atomic E-state index is 0.0702. The Morgan fingerprint density at radius 3 is 3.04 bits per heavy atom. The topological polar surface area (TPSA) is 66.8 Å². The fourth-order valence-electron chi connectivity index (χ4n) is 2.88. The summed E-state index contributed by atoms with van der Waals surface area (Å²) < 4.78 is 5.18. The maximum Gasteiger partial charge on any atom is 0.310 e. The lowest BCUT2D eigenvalue weighted by molar-refractivity contribution is -0.149. The molecule has 1 saturated heterocycles. The van der Waals surface area contributed by atoms with Crippen LogP contribution in [0.5, 0.6) is 0 Å². The Balaban J connectivity index is 2.07. The highest BCUT2D eigenvalue weighted by Gasteiger charge is 2.28. The third-order valence-electron chi connectivity index (χ3n) is 4.17. The third-order valence-corrected chi connectivity index (χ3v) is 4.17. The number of ether oxygens (including phenoxy) is 1. The Kier molecular flexibility index (Phi) is 7.03. The van der Waals surface area contributed by atoms with Crippen molar-refractivity contribution in [3.63, 3.8) is 0 Å². The first-order valence-corrected chi connectivity index (χ1v) is 8.76. The highest BCUT2D eigenvalue weighted by molar-refractivity contribution is 5.81. The SMILES string of the molecule is CCNC(=NCc1ncccc1C)N1CCCC(C(=O)OCC)C1. The number of piperidine rings is 1. The number of nitrogens with zero attached hydrogens (tertiary/aromatic N) is 3. The number of hydrogen-bond donors (Lipinski definition) is 1. The van der Waals surface area contributed by atoms with Crippen molar-refractivity contribution in [3.05, 3.63) is 29.6 Å². The van der Waals surface area contributed by atoms with Crippen molar-refractivity contribution < 1.29 is 9.53 Å². The van der Waals surface area contributed by atoms with E-state index >= 15 is 0 Å². The number of pyridine rings is 1. The van der Waals surface area contributed by atoms with E-state index in [2.05, 4.69) is 15.2 Å². The van der Waals surface area contributed by atoms with Crippen molar-refractivity contribution in [1.82, 2.24) is 15.2 Å². The predicted octanol–water partition coefficient (Wildman–Crippen LogP) is 2.13. The van der Waals surface area contributed by atoms with E-state index in [1.165, 1.54) is 0 Å². The third kappa shape index (κ3) is 4.94. The van der Waals surface area contributed by atoms with Crippen LogP contribution in [0.4, 0.5) is 0 Å². The molecule has 1 unspecified atom stereocenters. The van der Waals surface area contributed by atoms with Crippen molar-refractivity contribution in [2.24, 2.45) is 10.9 Å². The number of guanidine groups is 1. The second-order valence-corrected chi connectivity index (χ2v) is 5.97. The molecule has 132 valence electrons. The number of aryl methyl sites for hydroxylation is 1. The number of carbonyl (C=O) groups excluding carboxylic acids is 1. The van der Waals surface area contributed by atoms with Crippen molar-refractivity contribution in [1.29, 1.82) is 0 Å². The summed E-state index contributed by atoms with van der Waals surface area (Å²) in [4.78, 5) is 23.3. The minimum Gasteiger partial charge on any atom is -0.466 e. The molecule has 1 atom stereocenters. The average Bonchev–Trinajstić information content (AvgIpc) is 2.60. The average molecular weight is 332 g/mol. The molecule has 1 aromatic rings. The molecule has 1 aliphatic heterocycles. The summed E-state index contributed by atoms with van der Waals surface area (Å²) in [6, 6.07) is 3.98. The van der Waals surface area contributed by atoms with E-state index in [0.29, 0.717) is 19.7 Å². The van der Waals surface area contributed by atoms with Gasteiger partial charge in [-0.3, -0.25) is 9.78 Å². The normalized spacial score (nSPS) is 18.4. The van der Waals surface area contributed by atoms with E-state index < -0.39 is 0 Å². The molecule has 0 bridgehead atoms. The fraction of sp³-hybridized carbons (Fsp3) is 0.611. The summed E-state index contributed by atoms with van der Waals surface area (Å²) in [7, 11) is 0. The Hall–Kier alpha value is -2.11. The number of likely N-dealkylation sites (tertiary alicyclic amines) is 1. The van der Waals surface area contributed by atoms with Gasteiger partial charge in [0.25, 0.3) is 0 Å². The largest absolute Gasteiger partial charge is 0.466 e. The van der Waals surface area contributed by atoms with E-state index in [4.69, 9.17) is 9.73 Å². The van der Waals surface area contributed by atoms with Crippen LogP contribution in [0.3, 0.4) is 0 Å². The van der Waals surface area contributed by atoms with E-state index in [9.17, 15) is 4.79 Å². The number of esters is 1. The van der Waals surface area contributed by atoms with Crippen molar-refractivity contribution in [2.45, 2.75) is 40.2 Å². The molecule has 6 nitrogen and oxygen atoms in total. The maximum absolute atomic E-state index is 12.0. The first-order valence-electron chi connectivity index (χ1n) is 8.76. The van der Waals surface area contributed by atoms with E-state index in [0.717, 1.165) is 43.1 Å². The molecule has 6 heteroatoms. The second-order valence-electron chi connectivity index (χ2n) is 5.97. The van der Waals surface area contributed by atoms with Crippen LogP contribution in [0.2, 0.25) is 0 Å². The van der Waals surface area contributed by atoms with Gasteiger partial charge in [0.2, 0.25) is 0 Å². The monoisotopic (exact) mass is 332 g/mol. The molecule has 2 heterocycles. The summed E-state index contributed by atoms with van der Waals surface area (Å²) in [6.45, 7) is 9.27. The van der Waals surface area contributed by atoms with Gasteiger partial charge >= 0.3 is 5.97 Å². The lowest BCUT2D eigenvalue weighted by atomic mass is 9.98. The molecule has 24 heavy (non-hydrogen) atoms. The van der Waals surface area contributed by atoms with Gasteiger partial charge < -0.3 is 15.0 Å². The first kappa shape index (κ1) is 18.2. The molecule has 2 rings (SSSR count). The van der Waals surface area contributed by atoms with Gasteiger partial charge in [0.15, 0.2) is 5.96 Å². The quantitative estimate of drug-likeness (QED) is 0.508. The van der Waals surface area contributed by atoms with Gasteiger partial charge in [-0.1, -0.05) is 6.07 Å². The van der Waals surface area contributed by atoms with Crippen LogP contribution < -0.4 is 5.32 Å². The second kappa shape index (κ2) is 9.25. The highest BCUT2D eigenvalue weighted by atomic mass is 16.5. The van der Waals surface area contributed by atoms with Gasteiger partial charge in [0.05, 0.1) is 24.8 Å². The van der Waals surface area contributed by atoms with Gasteiger partial charge in [-0.2, -0.15) is 0 Å². The highest BCUT2D eigenvalue weighted by Crippen LogP contribution is 2.18. The molecule has 0 spiro atoms. The summed E-state index contributed by atoms with van der Waals surface area (Å²) in [5, 5.41) is 3.33. The zero-order valence-corrected chi connectivity index (χ0v) is 14.9. The zero-order valence-electron chi connectivity index (χ0n) is 14.9. The van der Waals surface area contributed by atoms with Gasteiger partial charge in [-0.05, 0) is 45.2 Å². The molecule has 1 N–H and O–H groups in total. The zero-order chi connectivity index (χ0) is 17.4. The molecule has 0 aromatic carbocycles. The molecular weight excluding hydrogens is 304 g/mol. The van der Waals surface area contributed by atoms with Crippen LogP contribution in [-0.4, -0.2) is 48.1 Å². The van der Waals surface area contributed by atoms with Crippen LogP contribution in [0.15, 0.2) is 23.3 Å². The maximum atomic E-state index is 12.0. The van der Waals surface area contributed by atoms with Crippen molar-refractivity contribution in [3.8, 4) is 0 Å². The Bertz CT molecular complexity index is 574. The summed E-state index contributed by atoms with van der Waals surface area (Å²) in [5.41, 5.74) is 2.12. The summed E-state index contributed by atoms with van der Waals surface area (Å²) >= 11 is 0. The summed E-state index contributed by atoms with van der Waals surface area (Å²) in [5.74, 6) is 0.675. The standard InChI is InChI=1S/C18H28N4O2/c1-4-19-18(21-12-16-14(3)8-6-10-20-16)22-11-7-9-15(13-22)17(23)24-5-2/h6,8,10,15H,4-5,7,9,11-13H2,1-3H3,(H,19,21). The van der Waals surface area contributed by atoms with Crippen LogP contribution >= 0.6 is 0 Å². The minimum atomic E-state index is -0.0985. The molecule has 0 saturated carbocycles. The lowest BCUT2D eigenvalue weighted by Crippen LogP contribution is -2.48. The van der Waals surface area contributed by atoms with Crippen LogP contribution in [0.25, 0.3) is 0 Å². The van der Waals surface area contributed by atoms with Gasteiger partial charge in [0, 0.05) is 25.8 Å². The number of aromatic nitrogens is 1. The van der Waals surface area contributed by atoms with Gasteiger partial charge in [-0.15, -0.1) is 0 Å². The number of hydrogen-bond acceptors (Lipinski definition) is 4. The van der Waals surface area contributed by atoms with Crippen LogP contribution in [0.1, 0.15) is 37.9 Å². The smallest absolute Gasteiger partial charge is 0.310 e. The number of rotatable bonds is 5. The molecular formula is C18H28N4O2. The Morgan fingerprint density at radius 1 is 1.50 bits per heavy atom. The van der Waals surface area contributed by atoms with Crippen LogP contribution in [0, 0.1) is 12.8 Å². The molecule has 0 aliphatic carbocycles. The summed E-state index contributed by atoms with van der Waals surface area (Å²) in [6.07, 6.45) is 3.65. The Labute approximate surface area is 144 Å². The Morgan fingerprint density at radius 2 is 2.33 bits per heavy atom.